The van der Waals surface area contributed by atoms with Crippen molar-refractivity contribution in [3.63, 3.8) is 0 Å². The van der Waals surface area contributed by atoms with Crippen LogP contribution in [0.2, 0.25) is 0 Å². The second-order valence-electron chi connectivity index (χ2n) is 7.83. The lowest BCUT2D eigenvalue weighted by Gasteiger charge is -2.49. The Labute approximate surface area is 152 Å². The largest absolute Gasteiger partial charge is 0.495 e. The summed E-state index contributed by atoms with van der Waals surface area (Å²) in [5.41, 5.74) is 2.78. The molecule has 3 heteroatoms. The lowest BCUT2D eigenvalue weighted by Crippen LogP contribution is -2.60. The quantitative estimate of drug-likeness (QED) is 0.830. The molecule has 0 radical (unpaired) electrons. The van der Waals surface area contributed by atoms with Gasteiger partial charge in [0.1, 0.15) is 5.75 Å². The van der Waals surface area contributed by atoms with Gasteiger partial charge in [-0.2, -0.15) is 0 Å². The van der Waals surface area contributed by atoms with Gasteiger partial charge in [0, 0.05) is 31.2 Å². The van der Waals surface area contributed by atoms with Crippen LogP contribution in [0.25, 0.3) is 0 Å². The summed E-state index contributed by atoms with van der Waals surface area (Å²) >= 11 is 0. The molecule has 134 valence electrons. The highest BCUT2D eigenvalue weighted by Gasteiger charge is 2.34. The maximum absolute atomic E-state index is 5.59. The predicted molar refractivity (Wildman–Crippen MR) is 106 cm³/mol. The summed E-state index contributed by atoms with van der Waals surface area (Å²) in [4.78, 5) is 5.14. The van der Waals surface area contributed by atoms with Crippen LogP contribution in [0.5, 0.6) is 5.75 Å². The average Bonchev–Trinajstić information content (AvgIpc) is 2.61. The molecule has 0 saturated carbocycles. The molecule has 0 amide bonds. The molecule has 1 aliphatic heterocycles. The summed E-state index contributed by atoms with van der Waals surface area (Å²) in [5, 5.41) is 0. The van der Waals surface area contributed by atoms with Crippen molar-refractivity contribution in [2.24, 2.45) is 0 Å². The summed E-state index contributed by atoms with van der Waals surface area (Å²) in [5.74, 6) is 0.963. The van der Waals surface area contributed by atoms with Gasteiger partial charge in [0.2, 0.25) is 0 Å². The van der Waals surface area contributed by atoms with Gasteiger partial charge in [-0.25, -0.2) is 0 Å². The van der Waals surface area contributed by atoms with Crippen molar-refractivity contribution in [1.82, 2.24) is 4.90 Å². The minimum absolute atomic E-state index is 0.173. The summed E-state index contributed by atoms with van der Waals surface area (Å²) in [6, 6.07) is 19.7. The van der Waals surface area contributed by atoms with Gasteiger partial charge in [0.25, 0.3) is 0 Å². The van der Waals surface area contributed by atoms with Crippen molar-refractivity contribution in [3.8, 4) is 5.75 Å². The molecule has 25 heavy (non-hydrogen) atoms. The molecule has 0 spiro atoms. The van der Waals surface area contributed by atoms with Crippen molar-refractivity contribution in [2.45, 2.75) is 38.8 Å². The van der Waals surface area contributed by atoms with Crippen LogP contribution >= 0.6 is 0 Å². The highest BCUT2D eigenvalue weighted by atomic mass is 16.5. The average molecular weight is 338 g/mol. The van der Waals surface area contributed by atoms with Gasteiger partial charge in [-0.3, -0.25) is 4.90 Å². The van der Waals surface area contributed by atoms with Crippen LogP contribution in [-0.2, 0) is 6.42 Å². The molecule has 3 rings (SSSR count). The number of methoxy groups -OCH3 is 1. The van der Waals surface area contributed by atoms with E-state index in [0.29, 0.717) is 6.04 Å². The standard InChI is InChI=1S/C22H30N2O/c1-22(2,3)24-15-14-23(20-12-8-9-13-21(20)25-4)17-19(24)16-18-10-6-5-7-11-18/h5-13,19H,14-17H2,1-4H3/t19-/m1/s1. The van der Waals surface area contributed by atoms with Gasteiger partial charge in [0.05, 0.1) is 12.8 Å². The molecule has 1 atom stereocenters. The van der Waals surface area contributed by atoms with Crippen LogP contribution in [-0.4, -0.2) is 43.2 Å². The number of rotatable bonds is 4. The highest BCUT2D eigenvalue weighted by Crippen LogP contribution is 2.32. The number of benzene rings is 2. The Bertz CT molecular complexity index is 678. The Morgan fingerprint density at radius 2 is 1.64 bits per heavy atom. The molecular weight excluding hydrogens is 308 g/mol. The zero-order valence-electron chi connectivity index (χ0n) is 15.9. The van der Waals surface area contributed by atoms with Crippen LogP contribution in [0.15, 0.2) is 54.6 Å². The van der Waals surface area contributed by atoms with Crippen LogP contribution in [0.3, 0.4) is 0 Å². The van der Waals surface area contributed by atoms with Gasteiger partial charge in [-0.05, 0) is 44.9 Å². The fraction of sp³-hybridized carbons (Fsp3) is 0.455. The molecule has 1 saturated heterocycles. The molecule has 2 aromatic rings. The first-order valence-corrected chi connectivity index (χ1v) is 9.17. The van der Waals surface area contributed by atoms with Crippen molar-refractivity contribution in [2.75, 3.05) is 31.6 Å². The fourth-order valence-electron chi connectivity index (χ4n) is 3.91. The van der Waals surface area contributed by atoms with Crippen LogP contribution in [0, 0.1) is 0 Å². The van der Waals surface area contributed by atoms with Crippen LogP contribution in [0.1, 0.15) is 26.3 Å². The Hall–Kier alpha value is -2.00. The predicted octanol–water partition coefficient (Wildman–Crippen LogP) is 4.23. The van der Waals surface area contributed by atoms with Gasteiger partial charge >= 0.3 is 0 Å². The first-order chi connectivity index (χ1) is 12.0. The van der Waals surface area contributed by atoms with Gasteiger partial charge in [0.15, 0.2) is 0 Å². The lowest BCUT2D eigenvalue weighted by atomic mass is 9.95. The van der Waals surface area contributed by atoms with E-state index in [2.05, 4.69) is 79.1 Å². The normalized spacial score (nSPS) is 19.0. The monoisotopic (exact) mass is 338 g/mol. The lowest BCUT2D eigenvalue weighted by molar-refractivity contribution is 0.0705. The number of anilines is 1. The molecule has 3 nitrogen and oxygen atoms in total. The maximum atomic E-state index is 5.59. The Morgan fingerprint density at radius 3 is 2.32 bits per heavy atom. The van der Waals surface area contributed by atoms with Crippen molar-refractivity contribution >= 4 is 5.69 Å². The van der Waals surface area contributed by atoms with Crippen molar-refractivity contribution in [3.05, 3.63) is 60.2 Å². The molecule has 1 aliphatic rings. The first kappa shape index (κ1) is 17.8. The summed E-state index contributed by atoms with van der Waals surface area (Å²) < 4.78 is 5.59. The molecule has 0 aliphatic carbocycles. The first-order valence-electron chi connectivity index (χ1n) is 9.17. The molecule has 0 aromatic heterocycles. The minimum atomic E-state index is 0.173. The van der Waals surface area contributed by atoms with E-state index in [9.17, 15) is 0 Å². The van der Waals surface area contributed by atoms with E-state index in [1.54, 1.807) is 7.11 Å². The Morgan fingerprint density at radius 1 is 0.960 bits per heavy atom. The molecule has 0 N–H and O–H groups in total. The van der Waals surface area contributed by atoms with E-state index in [1.165, 1.54) is 11.3 Å². The SMILES string of the molecule is COc1ccccc1N1CCN(C(C)(C)C)[C@H](Cc2ccccc2)C1. The number of piperazine rings is 1. The second kappa shape index (κ2) is 7.49. The van der Waals surface area contributed by atoms with E-state index < -0.39 is 0 Å². The van der Waals surface area contributed by atoms with E-state index in [-0.39, 0.29) is 5.54 Å². The number of para-hydroxylation sites is 2. The van der Waals surface area contributed by atoms with Gasteiger partial charge in [-0.1, -0.05) is 42.5 Å². The molecular formula is C22H30N2O. The van der Waals surface area contributed by atoms with Gasteiger partial charge in [-0.15, -0.1) is 0 Å². The third kappa shape index (κ3) is 4.16. The smallest absolute Gasteiger partial charge is 0.142 e. The van der Waals surface area contributed by atoms with E-state index in [4.69, 9.17) is 4.74 Å². The third-order valence-electron chi connectivity index (χ3n) is 5.08. The molecule has 0 bridgehead atoms. The molecule has 1 heterocycles. The molecule has 2 aromatic carbocycles. The Kier molecular flexibility index (Phi) is 5.33. The van der Waals surface area contributed by atoms with Crippen LogP contribution < -0.4 is 9.64 Å². The van der Waals surface area contributed by atoms with Crippen molar-refractivity contribution < 1.29 is 4.74 Å². The summed E-state index contributed by atoms with van der Waals surface area (Å²) in [6.45, 7) is 10.1. The van der Waals surface area contributed by atoms with E-state index in [0.717, 1.165) is 31.8 Å². The maximum Gasteiger partial charge on any atom is 0.142 e. The molecule has 1 fully saturated rings. The summed E-state index contributed by atoms with van der Waals surface area (Å²) in [7, 11) is 1.76. The Balaban J connectivity index is 1.84. The molecule has 0 unspecified atom stereocenters. The number of nitrogens with zero attached hydrogens (tertiary/aromatic N) is 2. The number of hydrogen-bond acceptors (Lipinski definition) is 3. The van der Waals surface area contributed by atoms with Crippen molar-refractivity contribution in [1.29, 1.82) is 0 Å². The zero-order valence-corrected chi connectivity index (χ0v) is 15.9. The third-order valence-corrected chi connectivity index (χ3v) is 5.08. The fourth-order valence-corrected chi connectivity index (χ4v) is 3.91. The summed E-state index contributed by atoms with van der Waals surface area (Å²) in [6.07, 6.45) is 1.07. The van der Waals surface area contributed by atoms with Gasteiger partial charge < -0.3 is 9.64 Å². The zero-order chi connectivity index (χ0) is 17.9. The number of hydrogen-bond donors (Lipinski definition) is 0. The van der Waals surface area contributed by atoms with E-state index >= 15 is 0 Å². The van der Waals surface area contributed by atoms with Crippen LogP contribution in [0.4, 0.5) is 5.69 Å². The highest BCUT2D eigenvalue weighted by molar-refractivity contribution is 5.58. The second-order valence-corrected chi connectivity index (χ2v) is 7.83. The topological polar surface area (TPSA) is 15.7 Å². The minimum Gasteiger partial charge on any atom is -0.495 e. The van der Waals surface area contributed by atoms with E-state index in [1.807, 2.05) is 6.07 Å². The number of ether oxygens (including phenoxy) is 1.